The molecule has 0 fully saturated rings. The summed E-state index contributed by atoms with van der Waals surface area (Å²) in [4.78, 5) is 7.53. The van der Waals surface area contributed by atoms with E-state index in [1.165, 1.54) is 43.7 Å². The number of hydrogen-bond donors (Lipinski definition) is 1. The third-order valence-electron chi connectivity index (χ3n) is 3.65. The first-order valence-corrected chi connectivity index (χ1v) is 10.9. The van der Waals surface area contributed by atoms with Crippen LogP contribution in [-0.4, -0.2) is 54.3 Å². The Labute approximate surface area is 160 Å². The van der Waals surface area contributed by atoms with E-state index in [9.17, 15) is 16.8 Å². The Bertz CT molecular complexity index is 1210. The molecule has 0 unspecified atom stereocenters. The van der Waals surface area contributed by atoms with Gasteiger partial charge in [0.1, 0.15) is 4.90 Å². The third kappa shape index (κ3) is 3.74. The van der Waals surface area contributed by atoms with Gasteiger partial charge in [-0.1, -0.05) is 30.7 Å². The topological polar surface area (TPSA) is 127 Å². The maximum absolute atomic E-state index is 12.7. The standard InChI is InChI=1S/C14H15ClN6O4S2/c1-3-20(2)27(24,25)12-7-5-4-6-11(12)19-26(22,23)14-17-13-16-8-10(15)9-21(13)18-14/h4-9,19H,3H2,1-2H3. The zero-order valence-electron chi connectivity index (χ0n) is 14.2. The lowest BCUT2D eigenvalue weighted by Crippen LogP contribution is -2.28. The second-order valence-corrected chi connectivity index (χ2v) is 9.46. The highest BCUT2D eigenvalue weighted by atomic mass is 35.5. The summed E-state index contributed by atoms with van der Waals surface area (Å²) in [6, 6.07) is 5.68. The number of anilines is 1. The largest absolute Gasteiger partial charge is 0.299 e. The van der Waals surface area contributed by atoms with Crippen LogP contribution in [0.4, 0.5) is 5.69 Å². The number of halogens is 1. The maximum Gasteiger partial charge on any atom is 0.299 e. The van der Waals surface area contributed by atoms with Gasteiger partial charge < -0.3 is 0 Å². The van der Waals surface area contributed by atoms with Crippen molar-refractivity contribution in [3.8, 4) is 0 Å². The summed E-state index contributed by atoms with van der Waals surface area (Å²) in [5, 5.41) is 3.52. The quantitative estimate of drug-likeness (QED) is 0.622. The molecule has 3 aromatic rings. The number of sulfonamides is 2. The van der Waals surface area contributed by atoms with Crippen LogP contribution in [0, 0.1) is 0 Å². The van der Waals surface area contributed by atoms with E-state index in [4.69, 9.17) is 11.6 Å². The van der Waals surface area contributed by atoms with Gasteiger partial charge in [-0.15, -0.1) is 5.10 Å². The van der Waals surface area contributed by atoms with Crippen molar-refractivity contribution in [3.63, 3.8) is 0 Å². The molecule has 27 heavy (non-hydrogen) atoms. The minimum Gasteiger partial charge on any atom is -0.276 e. The fraction of sp³-hybridized carbons (Fsp3) is 0.214. The zero-order chi connectivity index (χ0) is 19.8. The minimum atomic E-state index is -4.26. The van der Waals surface area contributed by atoms with E-state index >= 15 is 0 Å². The first-order valence-electron chi connectivity index (χ1n) is 7.61. The van der Waals surface area contributed by atoms with Gasteiger partial charge in [0, 0.05) is 13.6 Å². The molecule has 0 atom stereocenters. The second kappa shape index (κ2) is 7.03. The first kappa shape index (κ1) is 19.5. The SMILES string of the molecule is CCN(C)S(=O)(=O)c1ccccc1NS(=O)(=O)c1nc2ncc(Cl)cn2n1. The van der Waals surface area contributed by atoms with Crippen LogP contribution >= 0.6 is 11.6 Å². The molecule has 0 saturated carbocycles. The number of fused-ring (bicyclic) bond motifs is 1. The highest BCUT2D eigenvalue weighted by molar-refractivity contribution is 7.92. The van der Waals surface area contributed by atoms with Gasteiger partial charge in [-0.2, -0.15) is 13.4 Å². The summed E-state index contributed by atoms with van der Waals surface area (Å²) in [5.41, 5.74) is -0.109. The summed E-state index contributed by atoms with van der Waals surface area (Å²) in [5.74, 6) is 0.0337. The van der Waals surface area contributed by atoms with E-state index in [1.807, 2.05) is 0 Å². The molecule has 144 valence electrons. The van der Waals surface area contributed by atoms with Crippen LogP contribution in [0.15, 0.2) is 46.7 Å². The smallest absolute Gasteiger partial charge is 0.276 e. The summed E-state index contributed by atoms with van der Waals surface area (Å²) in [6.07, 6.45) is 2.66. The Morgan fingerprint density at radius 3 is 2.63 bits per heavy atom. The number of hydrogen-bond acceptors (Lipinski definition) is 7. The average Bonchev–Trinajstić information content (AvgIpc) is 3.05. The fourth-order valence-electron chi connectivity index (χ4n) is 2.16. The molecule has 10 nitrogen and oxygen atoms in total. The molecule has 13 heteroatoms. The number of para-hydroxylation sites is 1. The predicted molar refractivity (Wildman–Crippen MR) is 98.5 cm³/mol. The van der Waals surface area contributed by atoms with E-state index in [0.29, 0.717) is 0 Å². The lowest BCUT2D eigenvalue weighted by molar-refractivity contribution is 0.487. The van der Waals surface area contributed by atoms with Crippen molar-refractivity contribution in [2.75, 3.05) is 18.3 Å². The Kier molecular flexibility index (Phi) is 5.08. The van der Waals surface area contributed by atoms with Crippen molar-refractivity contribution in [2.45, 2.75) is 17.0 Å². The van der Waals surface area contributed by atoms with Gasteiger partial charge in [-0.05, 0) is 12.1 Å². The van der Waals surface area contributed by atoms with Gasteiger partial charge in [0.05, 0.1) is 23.1 Å². The fourth-order valence-corrected chi connectivity index (χ4v) is 4.64. The van der Waals surface area contributed by atoms with Crippen LogP contribution in [0.25, 0.3) is 5.78 Å². The number of nitrogens with one attached hydrogen (secondary N) is 1. The predicted octanol–water partition coefficient (Wildman–Crippen LogP) is 1.22. The molecule has 0 aliphatic heterocycles. The van der Waals surface area contributed by atoms with Gasteiger partial charge in [0.2, 0.25) is 10.0 Å². The van der Waals surface area contributed by atoms with Gasteiger partial charge in [-0.25, -0.2) is 22.2 Å². The van der Waals surface area contributed by atoms with Crippen LogP contribution in [0.5, 0.6) is 0 Å². The van der Waals surface area contributed by atoms with Crippen molar-refractivity contribution in [1.82, 2.24) is 23.9 Å². The summed E-state index contributed by atoms with van der Waals surface area (Å²) in [7, 11) is -6.73. The molecule has 2 heterocycles. The van der Waals surface area contributed by atoms with E-state index < -0.39 is 25.2 Å². The number of rotatable bonds is 6. The van der Waals surface area contributed by atoms with Crippen LogP contribution in [0.3, 0.4) is 0 Å². The molecule has 1 aromatic carbocycles. The Balaban J connectivity index is 2.04. The lowest BCUT2D eigenvalue weighted by atomic mass is 10.3. The number of nitrogens with zero attached hydrogens (tertiary/aromatic N) is 5. The molecule has 0 amide bonds. The third-order valence-corrected chi connectivity index (χ3v) is 6.98. The molecule has 2 aromatic heterocycles. The second-order valence-electron chi connectivity index (χ2n) is 5.43. The van der Waals surface area contributed by atoms with Crippen LogP contribution in [-0.2, 0) is 20.0 Å². The van der Waals surface area contributed by atoms with Gasteiger partial charge in [0.25, 0.3) is 21.0 Å². The molecular formula is C14H15ClN6O4S2. The van der Waals surface area contributed by atoms with Crippen LogP contribution in [0.1, 0.15) is 6.92 Å². The number of benzene rings is 1. The van der Waals surface area contributed by atoms with E-state index in [1.54, 1.807) is 6.92 Å². The highest BCUT2D eigenvalue weighted by Gasteiger charge is 2.27. The molecule has 0 bridgehead atoms. The molecular weight excluding hydrogens is 416 g/mol. The molecule has 1 N–H and O–H groups in total. The Morgan fingerprint density at radius 2 is 1.93 bits per heavy atom. The molecule has 0 saturated heterocycles. The summed E-state index contributed by atoms with van der Waals surface area (Å²) in [6.45, 7) is 1.90. The lowest BCUT2D eigenvalue weighted by Gasteiger charge is -2.17. The van der Waals surface area contributed by atoms with Crippen molar-refractivity contribution < 1.29 is 16.8 Å². The normalized spacial score (nSPS) is 12.6. The van der Waals surface area contributed by atoms with Crippen LogP contribution < -0.4 is 4.72 Å². The van der Waals surface area contributed by atoms with Crippen molar-refractivity contribution in [3.05, 3.63) is 41.7 Å². The van der Waals surface area contributed by atoms with Crippen molar-refractivity contribution in [1.29, 1.82) is 0 Å². The van der Waals surface area contributed by atoms with Crippen molar-refractivity contribution >= 4 is 43.1 Å². The molecule has 3 rings (SSSR count). The van der Waals surface area contributed by atoms with Gasteiger partial charge in [0.15, 0.2) is 0 Å². The zero-order valence-corrected chi connectivity index (χ0v) is 16.6. The maximum atomic E-state index is 12.7. The summed E-state index contributed by atoms with van der Waals surface area (Å²) < 4.78 is 55.0. The van der Waals surface area contributed by atoms with Gasteiger partial charge in [-0.3, -0.25) is 4.72 Å². The molecule has 0 radical (unpaired) electrons. The monoisotopic (exact) mass is 430 g/mol. The van der Waals surface area contributed by atoms with Gasteiger partial charge >= 0.3 is 0 Å². The first-order chi connectivity index (χ1) is 12.6. The summed E-state index contributed by atoms with van der Waals surface area (Å²) >= 11 is 5.80. The molecule has 0 aliphatic rings. The van der Waals surface area contributed by atoms with Crippen molar-refractivity contribution in [2.24, 2.45) is 0 Å². The Morgan fingerprint density at radius 1 is 1.22 bits per heavy atom. The highest BCUT2D eigenvalue weighted by Crippen LogP contribution is 2.25. The van der Waals surface area contributed by atoms with E-state index in [-0.39, 0.29) is 27.9 Å². The minimum absolute atomic E-state index is 0.0337. The molecule has 0 aliphatic carbocycles. The van der Waals surface area contributed by atoms with E-state index in [2.05, 4.69) is 19.8 Å². The average molecular weight is 431 g/mol. The van der Waals surface area contributed by atoms with E-state index in [0.717, 1.165) is 8.82 Å². The van der Waals surface area contributed by atoms with Crippen LogP contribution in [0.2, 0.25) is 5.02 Å². The number of aromatic nitrogens is 4. The Hall–Kier alpha value is -2.28. The molecule has 0 spiro atoms.